The number of hydrogen-bond donors (Lipinski definition) is 1. The highest BCUT2D eigenvalue weighted by atomic mass is 35.5. The van der Waals surface area contributed by atoms with Crippen molar-refractivity contribution >= 4 is 17.7 Å². The van der Waals surface area contributed by atoms with Crippen LogP contribution in [-0.2, 0) is 0 Å². The molecule has 0 spiro atoms. The van der Waals surface area contributed by atoms with Gasteiger partial charge in [0.1, 0.15) is 5.82 Å². The van der Waals surface area contributed by atoms with Crippen LogP contribution in [0.5, 0.6) is 0 Å². The van der Waals surface area contributed by atoms with Gasteiger partial charge in [-0.25, -0.2) is 4.39 Å². The second kappa shape index (κ2) is 6.18. The molecule has 0 aliphatic carbocycles. The fourth-order valence-electron chi connectivity index (χ4n) is 1.38. The summed E-state index contributed by atoms with van der Waals surface area (Å²) in [7, 11) is 0. The van der Waals surface area contributed by atoms with E-state index < -0.39 is 0 Å². The summed E-state index contributed by atoms with van der Waals surface area (Å²) in [5.41, 5.74) is 0.854. The van der Waals surface area contributed by atoms with Gasteiger partial charge in [0.2, 0.25) is 0 Å². The molecular weight excluding hydrogens is 237 g/mol. The quantitative estimate of drug-likeness (QED) is 0.793. The van der Waals surface area contributed by atoms with E-state index >= 15 is 0 Å². The van der Waals surface area contributed by atoms with Gasteiger partial charge in [0.25, 0.3) is 0 Å². The summed E-state index contributed by atoms with van der Waals surface area (Å²) < 4.78 is 13.0. The molecule has 1 N–H and O–H groups in total. The maximum atomic E-state index is 13.0. The lowest BCUT2D eigenvalue weighted by Crippen LogP contribution is -2.36. The third kappa shape index (κ3) is 5.85. The predicted octanol–water partition coefficient (Wildman–Crippen LogP) is 4.27. The molecular formula is C14H19ClFN. The molecule has 0 atom stereocenters. The number of hydrogen-bond acceptors (Lipinski definition) is 1. The minimum atomic E-state index is -0.262. The molecule has 0 aliphatic heterocycles. The van der Waals surface area contributed by atoms with Crippen LogP contribution in [0.1, 0.15) is 32.8 Å². The molecule has 0 aliphatic rings. The maximum absolute atomic E-state index is 13.0. The number of halogens is 2. The van der Waals surface area contributed by atoms with Crippen molar-refractivity contribution in [2.45, 2.75) is 32.7 Å². The molecule has 0 radical (unpaired) electrons. The Bertz CT molecular complexity index is 394. The van der Waals surface area contributed by atoms with Crippen molar-refractivity contribution in [1.82, 2.24) is 5.32 Å². The van der Waals surface area contributed by atoms with E-state index in [4.69, 9.17) is 11.6 Å². The summed E-state index contributed by atoms with van der Waals surface area (Å²) >= 11 is 5.95. The number of nitrogens with one attached hydrogen (secondary N) is 1. The van der Waals surface area contributed by atoms with Gasteiger partial charge >= 0.3 is 0 Å². The summed E-state index contributed by atoms with van der Waals surface area (Å²) in [5, 5.41) is 3.95. The summed E-state index contributed by atoms with van der Waals surface area (Å²) in [5.74, 6) is -0.262. The Hall–Kier alpha value is -0.860. The lowest BCUT2D eigenvalue weighted by atomic mass is 10.1. The molecule has 0 bridgehead atoms. The zero-order chi connectivity index (χ0) is 12.9. The summed E-state index contributed by atoms with van der Waals surface area (Å²) in [4.78, 5) is 0. The summed E-state index contributed by atoms with van der Waals surface area (Å²) in [6.07, 6.45) is 4.75. The van der Waals surface area contributed by atoms with Crippen LogP contribution in [0.25, 0.3) is 6.08 Å². The van der Waals surface area contributed by atoms with Crippen LogP contribution >= 0.6 is 11.6 Å². The maximum Gasteiger partial charge on any atom is 0.123 e. The first-order valence-electron chi connectivity index (χ1n) is 5.75. The molecule has 0 amide bonds. The Morgan fingerprint density at radius 1 is 1.35 bits per heavy atom. The molecule has 0 saturated heterocycles. The topological polar surface area (TPSA) is 12.0 Å². The van der Waals surface area contributed by atoms with E-state index in [1.165, 1.54) is 12.1 Å². The van der Waals surface area contributed by atoms with Crippen LogP contribution < -0.4 is 5.32 Å². The van der Waals surface area contributed by atoms with Crippen LogP contribution in [0.2, 0.25) is 5.02 Å². The van der Waals surface area contributed by atoms with Crippen molar-refractivity contribution in [2.75, 3.05) is 6.54 Å². The highest BCUT2D eigenvalue weighted by molar-refractivity contribution is 6.32. The molecule has 3 heteroatoms. The van der Waals surface area contributed by atoms with E-state index in [9.17, 15) is 4.39 Å². The zero-order valence-electron chi connectivity index (χ0n) is 10.6. The molecule has 0 aromatic heterocycles. The minimum Gasteiger partial charge on any atom is -0.312 e. The first-order chi connectivity index (χ1) is 7.88. The predicted molar refractivity (Wildman–Crippen MR) is 72.8 cm³/mol. The van der Waals surface area contributed by atoms with Gasteiger partial charge in [-0.2, -0.15) is 0 Å². The van der Waals surface area contributed by atoms with Crippen LogP contribution in [0.3, 0.4) is 0 Å². The number of rotatable bonds is 4. The fourth-order valence-corrected chi connectivity index (χ4v) is 1.56. The summed E-state index contributed by atoms with van der Waals surface area (Å²) in [6, 6.07) is 4.38. The average Bonchev–Trinajstić information content (AvgIpc) is 2.21. The smallest absolute Gasteiger partial charge is 0.123 e. The lowest BCUT2D eigenvalue weighted by molar-refractivity contribution is 0.431. The Morgan fingerprint density at radius 3 is 2.71 bits per heavy atom. The van der Waals surface area contributed by atoms with E-state index in [0.717, 1.165) is 18.5 Å². The van der Waals surface area contributed by atoms with Crippen LogP contribution in [0.15, 0.2) is 24.3 Å². The minimum absolute atomic E-state index is 0.129. The molecule has 0 heterocycles. The molecule has 1 aromatic carbocycles. The lowest BCUT2D eigenvalue weighted by Gasteiger charge is -2.19. The van der Waals surface area contributed by atoms with E-state index in [1.807, 2.05) is 12.2 Å². The van der Waals surface area contributed by atoms with Crippen molar-refractivity contribution in [3.63, 3.8) is 0 Å². The van der Waals surface area contributed by atoms with Crippen molar-refractivity contribution in [1.29, 1.82) is 0 Å². The Morgan fingerprint density at radius 2 is 2.06 bits per heavy atom. The van der Waals surface area contributed by atoms with Gasteiger partial charge in [0, 0.05) is 10.6 Å². The van der Waals surface area contributed by atoms with Gasteiger partial charge in [-0.15, -0.1) is 0 Å². The first-order valence-corrected chi connectivity index (χ1v) is 6.13. The molecule has 0 fully saturated rings. The van der Waals surface area contributed by atoms with Crippen LogP contribution in [0.4, 0.5) is 4.39 Å². The normalized spacial score (nSPS) is 12.3. The zero-order valence-corrected chi connectivity index (χ0v) is 11.3. The Balaban J connectivity index is 2.46. The van der Waals surface area contributed by atoms with Crippen molar-refractivity contribution in [2.24, 2.45) is 0 Å². The molecule has 0 unspecified atom stereocenters. The second-order valence-corrected chi connectivity index (χ2v) is 5.44. The van der Waals surface area contributed by atoms with Crippen LogP contribution in [0, 0.1) is 5.82 Å². The van der Waals surface area contributed by atoms with E-state index in [1.54, 1.807) is 6.07 Å². The molecule has 17 heavy (non-hydrogen) atoms. The largest absolute Gasteiger partial charge is 0.312 e. The van der Waals surface area contributed by atoms with Gasteiger partial charge in [0.05, 0.1) is 0 Å². The monoisotopic (exact) mass is 255 g/mol. The van der Waals surface area contributed by atoms with Crippen LogP contribution in [-0.4, -0.2) is 12.1 Å². The molecule has 1 rings (SSSR count). The number of benzene rings is 1. The average molecular weight is 256 g/mol. The second-order valence-electron chi connectivity index (χ2n) is 5.03. The van der Waals surface area contributed by atoms with Crippen molar-refractivity contribution < 1.29 is 4.39 Å². The fraction of sp³-hybridized carbons (Fsp3) is 0.429. The first kappa shape index (κ1) is 14.2. The van der Waals surface area contributed by atoms with Crippen molar-refractivity contribution in [3.8, 4) is 0 Å². The highest BCUT2D eigenvalue weighted by Crippen LogP contribution is 2.18. The van der Waals surface area contributed by atoms with E-state index in [-0.39, 0.29) is 11.4 Å². The third-order valence-electron chi connectivity index (χ3n) is 2.22. The Kier molecular flexibility index (Phi) is 5.16. The third-order valence-corrected chi connectivity index (χ3v) is 2.57. The van der Waals surface area contributed by atoms with E-state index in [2.05, 4.69) is 26.1 Å². The van der Waals surface area contributed by atoms with E-state index in [0.29, 0.717) is 5.02 Å². The van der Waals surface area contributed by atoms with Gasteiger partial charge in [0.15, 0.2) is 0 Å². The van der Waals surface area contributed by atoms with Gasteiger partial charge in [-0.1, -0.05) is 23.8 Å². The van der Waals surface area contributed by atoms with Gasteiger partial charge < -0.3 is 5.32 Å². The molecule has 1 nitrogen and oxygen atoms in total. The van der Waals surface area contributed by atoms with Gasteiger partial charge in [-0.3, -0.25) is 0 Å². The molecule has 94 valence electrons. The molecule has 0 saturated carbocycles. The van der Waals surface area contributed by atoms with Crippen molar-refractivity contribution in [3.05, 3.63) is 40.7 Å². The highest BCUT2D eigenvalue weighted by Gasteiger charge is 2.06. The van der Waals surface area contributed by atoms with Gasteiger partial charge in [-0.05, 0) is 57.5 Å². The standard InChI is InChI=1S/C14H19ClFN/c1-14(2,3)17-9-5-4-6-11-10-12(16)7-8-13(11)15/h4,6-8,10,17H,5,9H2,1-3H3/b6-4+. The molecule has 1 aromatic rings. The SMILES string of the molecule is CC(C)(C)NCC/C=C/c1cc(F)ccc1Cl. The Labute approximate surface area is 108 Å². The summed E-state index contributed by atoms with van der Waals surface area (Å²) in [6.45, 7) is 7.27.